The number of likely N-dealkylation sites (tertiary alicyclic amines) is 1. The number of nitrogens with zero attached hydrogens (tertiary/aromatic N) is 1. The molecule has 160 valence electrons. The van der Waals surface area contributed by atoms with Crippen LogP contribution < -0.4 is 0 Å². The molecule has 2 aromatic rings. The molecule has 1 fully saturated rings. The molecule has 29 heavy (non-hydrogen) atoms. The van der Waals surface area contributed by atoms with Crippen molar-refractivity contribution in [3.8, 4) is 0 Å². The molecular formula is C25H36ClNO2. The summed E-state index contributed by atoms with van der Waals surface area (Å²) in [7, 11) is 0. The minimum Gasteiger partial charge on any atom is -0.389 e. The number of benzene rings is 2. The van der Waals surface area contributed by atoms with Crippen LogP contribution in [0.1, 0.15) is 55.9 Å². The Labute approximate surface area is 182 Å². The van der Waals surface area contributed by atoms with Crippen LogP contribution in [-0.2, 0) is 17.7 Å². The summed E-state index contributed by atoms with van der Waals surface area (Å²) in [4.78, 5) is 2.56. The van der Waals surface area contributed by atoms with Crippen molar-refractivity contribution in [3.63, 3.8) is 0 Å². The first kappa shape index (κ1) is 23.9. The van der Waals surface area contributed by atoms with Gasteiger partial charge in [0.25, 0.3) is 0 Å². The lowest BCUT2D eigenvalue weighted by molar-refractivity contribution is -0.00232. The standard InChI is InChI=1S/C25H35NO2.ClH/c1-3-28-20-25(14-13-22-7-5-4-6-8-22)15-17-26(18-16-25)19-23-9-11-24(12-10-23)21(2)27;/h4-12,21,27H,3,13-20H2,1-2H3;1H. The van der Waals surface area contributed by atoms with Gasteiger partial charge in [0.15, 0.2) is 0 Å². The first-order valence-electron chi connectivity index (χ1n) is 10.7. The van der Waals surface area contributed by atoms with Crippen LogP contribution in [-0.4, -0.2) is 36.3 Å². The number of hydrogen-bond acceptors (Lipinski definition) is 3. The molecule has 1 aliphatic rings. The Balaban J connectivity index is 0.00000300. The SMILES string of the molecule is CCOCC1(CCc2ccccc2)CCN(Cc2ccc(C(C)O)cc2)CC1.Cl. The first-order valence-corrected chi connectivity index (χ1v) is 10.7. The minimum atomic E-state index is -0.396. The quantitative estimate of drug-likeness (QED) is 0.591. The van der Waals surface area contributed by atoms with Crippen LogP contribution in [0, 0.1) is 5.41 Å². The highest BCUT2D eigenvalue weighted by molar-refractivity contribution is 5.85. The van der Waals surface area contributed by atoms with Crippen molar-refractivity contribution in [1.29, 1.82) is 0 Å². The summed E-state index contributed by atoms with van der Waals surface area (Å²) in [6, 6.07) is 19.2. The van der Waals surface area contributed by atoms with Gasteiger partial charge in [-0.3, -0.25) is 4.90 Å². The van der Waals surface area contributed by atoms with E-state index in [1.807, 2.05) is 19.1 Å². The van der Waals surface area contributed by atoms with Crippen molar-refractivity contribution < 1.29 is 9.84 Å². The summed E-state index contributed by atoms with van der Waals surface area (Å²) in [5.41, 5.74) is 4.04. The minimum absolute atomic E-state index is 0. The van der Waals surface area contributed by atoms with Gasteiger partial charge in [-0.15, -0.1) is 12.4 Å². The van der Waals surface area contributed by atoms with Crippen molar-refractivity contribution >= 4 is 12.4 Å². The van der Waals surface area contributed by atoms with E-state index >= 15 is 0 Å². The Hall–Kier alpha value is -1.39. The second kappa shape index (κ2) is 11.7. The molecule has 3 rings (SSSR count). The van der Waals surface area contributed by atoms with E-state index in [9.17, 15) is 5.11 Å². The second-order valence-corrected chi connectivity index (χ2v) is 8.32. The van der Waals surface area contributed by atoms with Gasteiger partial charge in [0.05, 0.1) is 12.7 Å². The zero-order valence-corrected chi connectivity index (χ0v) is 18.7. The van der Waals surface area contributed by atoms with Gasteiger partial charge in [0.1, 0.15) is 0 Å². The normalized spacial score (nSPS) is 17.5. The molecule has 0 bridgehead atoms. The van der Waals surface area contributed by atoms with Gasteiger partial charge >= 0.3 is 0 Å². The lowest BCUT2D eigenvalue weighted by atomic mass is 9.74. The Kier molecular flexibility index (Phi) is 9.64. The summed E-state index contributed by atoms with van der Waals surface area (Å²) < 4.78 is 5.91. The number of hydrogen-bond donors (Lipinski definition) is 1. The monoisotopic (exact) mass is 417 g/mol. The molecule has 0 aliphatic carbocycles. The number of ether oxygens (including phenoxy) is 1. The topological polar surface area (TPSA) is 32.7 Å². The zero-order chi connectivity index (χ0) is 19.8. The Morgan fingerprint density at radius 3 is 2.24 bits per heavy atom. The molecule has 1 heterocycles. The van der Waals surface area contributed by atoms with E-state index in [1.54, 1.807) is 0 Å². The largest absolute Gasteiger partial charge is 0.389 e. The van der Waals surface area contributed by atoms with E-state index in [0.717, 1.165) is 44.8 Å². The highest BCUT2D eigenvalue weighted by Gasteiger charge is 2.34. The average Bonchev–Trinajstić information content (AvgIpc) is 2.73. The third kappa shape index (κ3) is 7.11. The Morgan fingerprint density at radius 1 is 1.00 bits per heavy atom. The summed E-state index contributed by atoms with van der Waals surface area (Å²) in [6.07, 6.45) is 4.34. The molecular weight excluding hydrogens is 382 g/mol. The fraction of sp³-hybridized carbons (Fsp3) is 0.520. The molecule has 1 saturated heterocycles. The lowest BCUT2D eigenvalue weighted by Gasteiger charge is -2.42. The van der Waals surface area contributed by atoms with E-state index in [2.05, 4.69) is 54.3 Å². The number of aliphatic hydroxyl groups excluding tert-OH is 1. The zero-order valence-electron chi connectivity index (χ0n) is 17.8. The highest BCUT2D eigenvalue weighted by Crippen LogP contribution is 2.37. The maximum atomic E-state index is 9.68. The Morgan fingerprint density at radius 2 is 1.66 bits per heavy atom. The number of piperidine rings is 1. The molecule has 1 atom stereocenters. The van der Waals surface area contributed by atoms with E-state index in [0.29, 0.717) is 5.41 Å². The van der Waals surface area contributed by atoms with Gasteiger partial charge in [-0.05, 0) is 74.7 Å². The van der Waals surface area contributed by atoms with Crippen molar-refractivity contribution in [2.45, 2.75) is 52.2 Å². The molecule has 0 saturated carbocycles. The van der Waals surface area contributed by atoms with Gasteiger partial charge in [-0.25, -0.2) is 0 Å². The first-order chi connectivity index (χ1) is 13.6. The fourth-order valence-corrected chi connectivity index (χ4v) is 4.18. The van der Waals surface area contributed by atoms with E-state index < -0.39 is 6.10 Å². The smallest absolute Gasteiger partial charge is 0.0761 e. The molecule has 1 unspecified atom stereocenters. The van der Waals surface area contributed by atoms with Crippen LogP contribution in [0.3, 0.4) is 0 Å². The van der Waals surface area contributed by atoms with Crippen LogP contribution in [0.4, 0.5) is 0 Å². The second-order valence-electron chi connectivity index (χ2n) is 8.32. The van der Waals surface area contributed by atoms with Crippen molar-refractivity contribution in [1.82, 2.24) is 4.90 Å². The number of halogens is 1. The van der Waals surface area contributed by atoms with Gasteiger partial charge in [-0.2, -0.15) is 0 Å². The molecule has 0 radical (unpaired) electrons. The van der Waals surface area contributed by atoms with Gasteiger partial charge in [0.2, 0.25) is 0 Å². The van der Waals surface area contributed by atoms with Crippen LogP contribution in [0.5, 0.6) is 0 Å². The van der Waals surface area contributed by atoms with Gasteiger partial charge in [0, 0.05) is 13.2 Å². The van der Waals surface area contributed by atoms with E-state index in [1.165, 1.54) is 30.4 Å². The van der Waals surface area contributed by atoms with E-state index in [-0.39, 0.29) is 12.4 Å². The molecule has 0 amide bonds. The van der Waals surface area contributed by atoms with Gasteiger partial charge in [-0.1, -0.05) is 54.6 Å². The number of aryl methyl sites for hydroxylation is 1. The molecule has 1 aliphatic heterocycles. The molecule has 2 aromatic carbocycles. The van der Waals surface area contributed by atoms with Crippen molar-refractivity contribution in [3.05, 3.63) is 71.3 Å². The third-order valence-corrected chi connectivity index (χ3v) is 6.18. The van der Waals surface area contributed by atoms with Crippen LogP contribution >= 0.6 is 12.4 Å². The predicted octanol–water partition coefficient (Wildman–Crippen LogP) is 5.41. The predicted molar refractivity (Wildman–Crippen MR) is 123 cm³/mol. The van der Waals surface area contributed by atoms with Crippen LogP contribution in [0.25, 0.3) is 0 Å². The Bertz CT molecular complexity index is 695. The maximum absolute atomic E-state index is 9.68. The van der Waals surface area contributed by atoms with Crippen LogP contribution in [0.2, 0.25) is 0 Å². The van der Waals surface area contributed by atoms with E-state index in [4.69, 9.17) is 4.74 Å². The summed E-state index contributed by atoms with van der Waals surface area (Å²) in [5, 5.41) is 9.68. The molecule has 4 heteroatoms. The van der Waals surface area contributed by atoms with Crippen molar-refractivity contribution in [2.75, 3.05) is 26.3 Å². The number of aliphatic hydroxyl groups is 1. The molecule has 1 N–H and O–H groups in total. The average molecular weight is 418 g/mol. The molecule has 0 aromatic heterocycles. The third-order valence-electron chi connectivity index (χ3n) is 6.18. The summed E-state index contributed by atoms with van der Waals surface area (Å²) >= 11 is 0. The van der Waals surface area contributed by atoms with Crippen LogP contribution in [0.15, 0.2) is 54.6 Å². The maximum Gasteiger partial charge on any atom is 0.0761 e. The fourth-order valence-electron chi connectivity index (χ4n) is 4.18. The molecule has 3 nitrogen and oxygen atoms in total. The van der Waals surface area contributed by atoms with Crippen molar-refractivity contribution in [2.24, 2.45) is 5.41 Å². The van der Waals surface area contributed by atoms with Gasteiger partial charge < -0.3 is 9.84 Å². The summed E-state index contributed by atoms with van der Waals surface area (Å²) in [6.45, 7) is 8.83. The number of rotatable bonds is 9. The highest BCUT2D eigenvalue weighted by atomic mass is 35.5. The molecule has 0 spiro atoms. The summed E-state index contributed by atoms with van der Waals surface area (Å²) in [5.74, 6) is 0. The lowest BCUT2D eigenvalue weighted by Crippen LogP contribution is -2.42.